The van der Waals surface area contributed by atoms with Crippen molar-refractivity contribution in [2.45, 2.75) is 31.2 Å². The van der Waals surface area contributed by atoms with Gasteiger partial charge >= 0.3 is 0 Å². The average molecular weight is 454 g/mol. The molecule has 0 saturated carbocycles. The van der Waals surface area contributed by atoms with Crippen LogP contribution in [0, 0.1) is 25.2 Å². The summed E-state index contributed by atoms with van der Waals surface area (Å²) >= 11 is 1.32. The number of nitrogens with one attached hydrogen (secondary N) is 1. The molecular formula is C26H23N5OS. The molecule has 0 fully saturated rings. The number of anilines is 1. The lowest BCUT2D eigenvalue weighted by atomic mass is 10.1. The summed E-state index contributed by atoms with van der Waals surface area (Å²) in [6.45, 7) is 5.89. The van der Waals surface area contributed by atoms with Crippen LogP contribution in [-0.2, 0) is 4.79 Å². The van der Waals surface area contributed by atoms with E-state index in [2.05, 4.69) is 27.6 Å². The number of carbonyl (C=O) groups is 1. The molecule has 0 aliphatic heterocycles. The normalized spacial score (nSPS) is 11.6. The minimum absolute atomic E-state index is 0.210. The molecule has 7 heteroatoms. The molecule has 4 aromatic rings. The van der Waals surface area contributed by atoms with E-state index in [4.69, 9.17) is 0 Å². The molecule has 1 aromatic heterocycles. The Labute approximate surface area is 197 Å². The van der Waals surface area contributed by atoms with Gasteiger partial charge in [0.2, 0.25) is 5.91 Å². The van der Waals surface area contributed by atoms with Crippen LogP contribution in [0.2, 0.25) is 0 Å². The lowest BCUT2D eigenvalue weighted by Crippen LogP contribution is -2.23. The standard InChI is InChI=1S/C26H23N5OS/c1-17-11-13-22(14-12-17)31-24(20-9-6-7-18(2)15-20)29-30-26(31)33-19(3)25(32)28-23-10-5-4-8-21(23)16-27/h4-15,19H,1-3H3,(H,28,32). The second-order valence-corrected chi connectivity index (χ2v) is 9.06. The van der Waals surface area contributed by atoms with Crippen LogP contribution in [0.25, 0.3) is 17.1 Å². The zero-order valence-corrected chi connectivity index (χ0v) is 19.4. The molecule has 6 nitrogen and oxygen atoms in total. The first-order valence-corrected chi connectivity index (χ1v) is 11.4. The van der Waals surface area contributed by atoms with Gasteiger partial charge < -0.3 is 5.32 Å². The molecule has 0 aliphatic carbocycles. The van der Waals surface area contributed by atoms with Crippen molar-refractivity contribution in [2.75, 3.05) is 5.32 Å². The topological polar surface area (TPSA) is 83.6 Å². The zero-order valence-electron chi connectivity index (χ0n) is 18.6. The number of aryl methyl sites for hydroxylation is 2. The van der Waals surface area contributed by atoms with Gasteiger partial charge in [0, 0.05) is 11.3 Å². The van der Waals surface area contributed by atoms with Gasteiger partial charge in [-0.3, -0.25) is 9.36 Å². The number of aromatic nitrogens is 3. The van der Waals surface area contributed by atoms with Crippen LogP contribution in [0.15, 0.2) is 78.0 Å². The molecule has 1 amide bonds. The maximum Gasteiger partial charge on any atom is 0.237 e. The number of nitriles is 1. The molecule has 4 rings (SSSR count). The first kappa shape index (κ1) is 22.3. The predicted molar refractivity (Wildman–Crippen MR) is 131 cm³/mol. The quantitative estimate of drug-likeness (QED) is 0.387. The maximum absolute atomic E-state index is 12.9. The van der Waals surface area contributed by atoms with Crippen molar-refractivity contribution in [1.82, 2.24) is 14.8 Å². The minimum Gasteiger partial charge on any atom is -0.324 e. The highest BCUT2D eigenvalue weighted by molar-refractivity contribution is 8.00. The second-order valence-electron chi connectivity index (χ2n) is 7.75. The fraction of sp³-hybridized carbons (Fsp3) is 0.154. The molecule has 0 spiro atoms. The lowest BCUT2D eigenvalue weighted by Gasteiger charge is -2.15. The smallest absolute Gasteiger partial charge is 0.237 e. The van der Waals surface area contributed by atoms with Crippen LogP contribution >= 0.6 is 11.8 Å². The van der Waals surface area contributed by atoms with Crippen molar-refractivity contribution in [2.24, 2.45) is 0 Å². The van der Waals surface area contributed by atoms with Crippen molar-refractivity contribution in [3.63, 3.8) is 0 Å². The molecule has 0 aliphatic rings. The Hall–Kier alpha value is -3.89. The average Bonchev–Trinajstić information content (AvgIpc) is 3.23. The number of amides is 1. The van der Waals surface area contributed by atoms with Crippen molar-refractivity contribution in [1.29, 1.82) is 5.26 Å². The van der Waals surface area contributed by atoms with Gasteiger partial charge in [-0.1, -0.05) is 65.4 Å². The van der Waals surface area contributed by atoms with E-state index in [0.29, 0.717) is 22.2 Å². The fourth-order valence-corrected chi connectivity index (χ4v) is 4.25. The highest BCUT2D eigenvalue weighted by Gasteiger charge is 2.22. The predicted octanol–water partition coefficient (Wildman–Crippen LogP) is 5.54. The minimum atomic E-state index is -0.462. The fourth-order valence-electron chi connectivity index (χ4n) is 3.38. The van der Waals surface area contributed by atoms with Crippen molar-refractivity contribution in [3.8, 4) is 23.1 Å². The summed E-state index contributed by atoms with van der Waals surface area (Å²) in [6.07, 6.45) is 0. The van der Waals surface area contributed by atoms with Gasteiger partial charge in [-0.2, -0.15) is 5.26 Å². The van der Waals surface area contributed by atoms with E-state index in [-0.39, 0.29) is 5.91 Å². The molecule has 1 atom stereocenters. The molecule has 1 heterocycles. The van der Waals surface area contributed by atoms with E-state index >= 15 is 0 Å². The first-order chi connectivity index (χ1) is 16.0. The molecule has 33 heavy (non-hydrogen) atoms. The molecule has 3 aromatic carbocycles. The number of carbonyl (C=O) groups excluding carboxylic acids is 1. The number of hydrogen-bond acceptors (Lipinski definition) is 5. The summed E-state index contributed by atoms with van der Waals surface area (Å²) in [5.74, 6) is 0.505. The Morgan fingerprint density at radius 3 is 2.48 bits per heavy atom. The molecule has 0 saturated heterocycles. The van der Waals surface area contributed by atoms with Gasteiger partial charge in [-0.25, -0.2) is 0 Å². The molecule has 0 radical (unpaired) electrons. The number of para-hydroxylation sites is 1. The number of thioether (sulfide) groups is 1. The molecule has 0 bridgehead atoms. The van der Waals surface area contributed by atoms with Crippen LogP contribution in [-0.4, -0.2) is 25.9 Å². The summed E-state index contributed by atoms with van der Waals surface area (Å²) in [5.41, 5.74) is 5.08. The summed E-state index contributed by atoms with van der Waals surface area (Å²) in [5, 5.41) is 21.2. The van der Waals surface area contributed by atoms with Crippen LogP contribution in [0.4, 0.5) is 5.69 Å². The van der Waals surface area contributed by atoms with Gasteiger partial charge in [0.25, 0.3) is 0 Å². The largest absolute Gasteiger partial charge is 0.324 e. The Kier molecular flexibility index (Phi) is 6.57. The summed E-state index contributed by atoms with van der Waals surface area (Å²) < 4.78 is 1.98. The summed E-state index contributed by atoms with van der Waals surface area (Å²) in [7, 11) is 0. The van der Waals surface area contributed by atoms with Gasteiger partial charge in [0.15, 0.2) is 11.0 Å². The van der Waals surface area contributed by atoms with Crippen LogP contribution in [0.1, 0.15) is 23.6 Å². The zero-order chi connectivity index (χ0) is 23.4. The third-order valence-corrected chi connectivity index (χ3v) is 6.20. The number of benzene rings is 3. The number of rotatable bonds is 6. The Balaban J connectivity index is 1.66. The number of nitrogens with zero attached hydrogens (tertiary/aromatic N) is 4. The highest BCUT2D eigenvalue weighted by Crippen LogP contribution is 2.31. The molecule has 164 valence electrons. The Bertz CT molecular complexity index is 1340. The maximum atomic E-state index is 12.9. The van der Waals surface area contributed by atoms with E-state index in [9.17, 15) is 10.1 Å². The van der Waals surface area contributed by atoms with Gasteiger partial charge in [-0.15, -0.1) is 10.2 Å². The van der Waals surface area contributed by atoms with Crippen LogP contribution in [0.3, 0.4) is 0 Å². The first-order valence-electron chi connectivity index (χ1n) is 10.5. The Morgan fingerprint density at radius 1 is 1.00 bits per heavy atom. The SMILES string of the molecule is Cc1ccc(-n2c(SC(C)C(=O)Nc3ccccc3C#N)nnc2-c2cccc(C)c2)cc1. The number of hydrogen-bond donors (Lipinski definition) is 1. The third-order valence-electron chi connectivity index (χ3n) is 5.16. The Morgan fingerprint density at radius 2 is 1.76 bits per heavy atom. The van der Waals surface area contributed by atoms with Gasteiger partial charge in [0.05, 0.1) is 16.5 Å². The highest BCUT2D eigenvalue weighted by atomic mass is 32.2. The summed E-state index contributed by atoms with van der Waals surface area (Å²) in [4.78, 5) is 12.9. The third kappa shape index (κ3) is 4.97. The van der Waals surface area contributed by atoms with Crippen molar-refractivity contribution < 1.29 is 4.79 Å². The van der Waals surface area contributed by atoms with Crippen LogP contribution < -0.4 is 5.32 Å². The van der Waals surface area contributed by atoms with E-state index in [1.165, 1.54) is 11.8 Å². The van der Waals surface area contributed by atoms with Gasteiger partial charge in [0.1, 0.15) is 6.07 Å². The van der Waals surface area contributed by atoms with E-state index in [1.807, 2.05) is 67.8 Å². The second kappa shape index (κ2) is 9.72. The monoisotopic (exact) mass is 453 g/mol. The van der Waals surface area contributed by atoms with E-state index in [1.54, 1.807) is 24.3 Å². The van der Waals surface area contributed by atoms with E-state index in [0.717, 1.165) is 22.4 Å². The van der Waals surface area contributed by atoms with E-state index < -0.39 is 5.25 Å². The van der Waals surface area contributed by atoms with Crippen molar-refractivity contribution in [3.05, 3.63) is 89.5 Å². The van der Waals surface area contributed by atoms with Gasteiger partial charge in [-0.05, 0) is 51.1 Å². The summed E-state index contributed by atoms with van der Waals surface area (Å²) in [6, 6.07) is 25.3. The van der Waals surface area contributed by atoms with Crippen molar-refractivity contribution >= 4 is 23.4 Å². The molecule has 1 unspecified atom stereocenters. The lowest BCUT2D eigenvalue weighted by molar-refractivity contribution is -0.115. The molecular weight excluding hydrogens is 430 g/mol. The van der Waals surface area contributed by atoms with Crippen LogP contribution in [0.5, 0.6) is 0 Å². The molecule has 1 N–H and O–H groups in total.